The first-order chi connectivity index (χ1) is 12.7. The van der Waals surface area contributed by atoms with E-state index in [2.05, 4.69) is 31.3 Å². The van der Waals surface area contributed by atoms with Crippen LogP contribution >= 0.6 is 11.6 Å². The topological polar surface area (TPSA) is 24.9 Å². The highest BCUT2D eigenvalue weighted by atomic mass is 35.5. The SMILES string of the molecule is CCCCCCNc1c2c(nc3cc(Cl)ccc13)C[C@H]1C=C(C)C[C@@H]2C1. The summed E-state index contributed by atoms with van der Waals surface area (Å²) in [6.45, 7) is 5.59. The predicted molar refractivity (Wildman–Crippen MR) is 112 cm³/mol. The van der Waals surface area contributed by atoms with Gasteiger partial charge in [-0.2, -0.15) is 0 Å². The molecule has 2 nitrogen and oxygen atoms in total. The quantitative estimate of drug-likeness (QED) is 0.444. The molecule has 2 aliphatic rings. The summed E-state index contributed by atoms with van der Waals surface area (Å²) in [6, 6.07) is 6.17. The minimum Gasteiger partial charge on any atom is -0.384 e. The van der Waals surface area contributed by atoms with Crippen molar-refractivity contribution in [2.75, 3.05) is 11.9 Å². The van der Waals surface area contributed by atoms with Crippen molar-refractivity contribution in [1.82, 2.24) is 4.98 Å². The van der Waals surface area contributed by atoms with Crippen molar-refractivity contribution in [2.24, 2.45) is 5.92 Å². The molecule has 2 bridgehead atoms. The highest BCUT2D eigenvalue weighted by Crippen LogP contribution is 2.47. The molecular weight excluding hydrogens is 340 g/mol. The summed E-state index contributed by atoms with van der Waals surface area (Å²) in [7, 11) is 0. The van der Waals surface area contributed by atoms with E-state index in [4.69, 9.17) is 16.6 Å². The van der Waals surface area contributed by atoms with Crippen LogP contribution in [-0.2, 0) is 6.42 Å². The normalized spacial score (nSPS) is 21.4. The maximum absolute atomic E-state index is 6.26. The fourth-order valence-corrected chi connectivity index (χ4v) is 5.01. The second-order valence-corrected chi connectivity index (χ2v) is 8.55. The largest absolute Gasteiger partial charge is 0.384 e. The Kier molecular flexibility index (Phi) is 5.22. The lowest BCUT2D eigenvalue weighted by atomic mass is 9.71. The van der Waals surface area contributed by atoms with E-state index in [1.165, 1.54) is 60.9 Å². The molecule has 0 saturated carbocycles. The summed E-state index contributed by atoms with van der Waals surface area (Å²) in [5.41, 5.74) is 6.69. The monoisotopic (exact) mass is 368 g/mol. The zero-order chi connectivity index (χ0) is 18.1. The Morgan fingerprint density at radius 2 is 2.08 bits per heavy atom. The summed E-state index contributed by atoms with van der Waals surface area (Å²) >= 11 is 6.26. The van der Waals surface area contributed by atoms with E-state index in [0.29, 0.717) is 11.8 Å². The molecule has 0 unspecified atom stereocenters. The van der Waals surface area contributed by atoms with Crippen molar-refractivity contribution >= 4 is 28.2 Å². The van der Waals surface area contributed by atoms with Crippen LogP contribution < -0.4 is 5.32 Å². The van der Waals surface area contributed by atoms with Crippen LogP contribution in [0.15, 0.2) is 29.8 Å². The molecule has 1 N–H and O–H groups in total. The molecule has 0 saturated heterocycles. The maximum Gasteiger partial charge on any atom is 0.0741 e. The Hall–Kier alpha value is -1.54. The molecule has 4 rings (SSSR count). The summed E-state index contributed by atoms with van der Waals surface area (Å²) in [5.74, 6) is 1.27. The van der Waals surface area contributed by atoms with Gasteiger partial charge in [-0.05, 0) is 62.6 Å². The number of unbranched alkanes of at least 4 members (excludes halogenated alkanes) is 3. The standard InChI is InChI=1S/C23H29ClN2/c1-3-4-5-6-9-25-23-19-8-7-18(24)14-20(19)26-21-13-16-10-15(2)11-17(12-16)22(21)23/h7-8,10,14,16-17H,3-6,9,11-13H2,1-2H3,(H,25,26)/t16-,17+/m0/s1. The Bertz CT molecular complexity index is 840. The molecule has 0 amide bonds. The van der Waals surface area contributed by atoms with Gasteiger partial charge in [0, 0.05) is 33.9 Å². The summed E-state index contributed by atoms with van der Waals surface area (Å²) in [6.07, 6.45) is 11.1. The van der Waals surface area contributed by atoms with E-state index in [1.807, 2.05) is 12.1 Å². The van der Waals surface area contributed by atoms with E-state index < -0.39 is 0 Å². The predicted octanol–water partition coefficient (Wildman–Crippen LogP) is 6.88. The second-order valence-electron chi connectivity index (χ2n) is 8.11. The van der Waals surface area contributed by atoms with Crippen LogP contribution in [0.5, 0.6) is 0 Å². The van der Waals surface area contributed by atoms with Crippen molar-refractivity contribution in [3.8, 4) is 0 Å². The molecule has 0 spiro atoms. The molecule has 1 aromatic carbocycles. The van der Waals surface area contributed by atoms with Crippen molar-refractivity contribution in [2.45, 2.75) is 64.7 Å². The average molecular weight is 369 g/mol. The van der Waals surface area contributed by atoms with E-state index in [-0.39, 0.29) is 0 Å². The number of fused-ring (bicyclic) bond motifs is 5. The van der Waals surface area contributed by atoms with Gasteiger partial charge in [-0.25, -0.2) is 0 Å². The zero-order valence-electron chi connectivity index (χ0n) is 15.9. The second kappa shape index (κ2) is 7.60. The van der Waals surface area contributed by atoms with E-state index in [1.54, 1.807) is 5.57 Å². The third-order valence-electron chi connectivity index (χ3n) is 5.94. The van der Waals surface area contributed by atoms with Gasteiger partial charge in [-0.3, -0.25) is 4.98 Å². The van der Waals surface area contributed by atoms with Gasteiger partial charge < -0.3 is 5.32 Å². The Morgan fingerprint density at radius 1 is 1.19 bits per heavy atom. The molecule has 0 fully saturated rings. The molecule has 26 heavy (non-hydrogen) atoms. The third-order valence-corrected chi connectivity index (χ3v) is 6.17. The number of nitrogens with zero attached hydrogens (tertiary/aromatic N) is 1. The number of pyridine rings is 1. The zero-order valence-corrected chi connectivity index (χ0v) is 16.7. The highest BCUT2D eigenvalue weighted by molar-refractivity contribution is 6.31. The number of aromatic nitrogens is 1. The summed E-state index contributed by atoms with van der Waals surface area (Å²) in [5, 5.41) is 5.81. The lowest BCUT2D eigenvalue weighted by Crippen LogP contribution is -2.24. The van der Waals surface area contributed by atoms with Crippen LogP contribution in [0.1, 0.15) is 69.5 Å². The first kappa shape index (κ1) is 17.9. The molecule has 3 heteroatoms. The minimum absolute atomic E-state index is 0.611. The number of hydrogen-bond donors (Lipinski definition) is 1. The average Bonchev–Trinajstić information content (AvgIpc) is 2.60. The van der Waals surface area contributed by atoms with Crippen molar-refractivity contribution in [3.05, 3.63) is 46.1 Å². The van der Waals surface area contributed by atoms with Gasteiger partial charge in [0.15, 0.2) is 0 Å². The van der Waals surface area contributed by atoms with Crippen LogP contribution in [0.3, 0.4) is 0 Å². The molecular formula is C23H29ClN2. The Balaban J connectivity index is 1.73. The number of hydrogen-bond acceptors (Lipinski definition) is 2. The van der Waals surface area contributed by atoms with Crippen LogP contribution in [-0.4, -0.2) is 11.5 Å². The third kappa shape index (κ3) is 3.49. The molecule has 0 aliphatic heterocycles. The van der Waals surface area contributed by atoms with E-state index in [9.17, 15) is 0 Å². The van der Waals surface area contributed by atoms with E-state index >= 15 is 0 Å². The van der Waals surface area contributed by atoms with Crippen LogP contribution in [0.2, 0.25) is 5.02 Å². The van der Waals surface area contributed by atoms with Gasteiger partial charge in [0.1, 0.15) is 0 Å². The van der Waals surface area contributed by atoms with Gasteiger partial charge in [0.25, 0.3) is 0 Å². The maximum atomic E-state index is 6.26. The highest BCUT2D eigenvalue weighted by Gasteiger charge is 2.33. The Morgan fingerprint density at radius 3 is 2.92 bits per heavy atom. The van der Waals surface area contributed by atoms with Crippen molar-refractivity contribution in [1.29, 1.82) is 0 Å². The molecule has 2 atom stereocenters. The number of allylic oxidation sites excluding steroid dienone is 2. The fraction of sp³-hybridized carbons (Fsp3) is 0.522. The first-order valence-electron chi connectivity index (χ1n) is 10.2. The van der Waals surface area contributed by atoms with Crippen LogP contribution in [0.25, 0.3) is 10.9 Å². The lowest BCUT2D eigenvalue weighted by molar-refractivity contribution is 0.433. The van der Waals surface area contributed by atoms with E-state index in [0.717, 1.165) is 23.5 Å². The number of nitrogens with one attached hydrogen (secondary N) is 1. The molecule has 1 heterocycles. The van der Waals surface area contributed by atoms with Gasteiger partial charge >= 0.3 is 0 Å². The molecule has 1 aromatic heterocycles. The number of anilines is 1. The van der Waals surface area contributed by atoms with Gasteiger partial charge in [0.2, 0.25) is 0 Å². The first-order valence-corrected chi connectivity index (χ1v) is 10.6. The number of benzene rings is 1. The van der Waals surface area contributed by atoms with Gasteiger partial charge in [-0.1, -0.05) is 49.4 Å². The lowest BCUT2D eigenvalue weighted by Gasteiger charge is -2.36. The fourth-order valence-electron chi connectivity index (χ4n) is 4.84. The molecule has 138 valence electrons. The summed E-state index contributed by atoms with van der Waals surface area (Å²) in [4.78, 5) is 5.05. The van der Waals surface area contributed by atoms with Crippen LogP contribution in [0.4, 0.5) is 5.69 Å². The number of rotatable bonds is 6. The molecule has 2 aromatic rings. The molecule has 2 aliphatic carbocycles. The Labute approximate surface area is 162 Å². The van der Waals surface area contributed by atoms with Crippen molar-refractivity contribution in [3.63, 3.8) is 0 Å². The van der Waals surface area contributed by atoms with Crippen LogP contribution in [0, 0.1) is 5.92 Å². The van der Waals surface area contributed by atoms with Gasteiger partial charge in [0.05, 0.1) is 5.52 Å². The van der Waals surface area contributed by atoms with Gasteiger partial charge in [-0.15, -0.1) is 0 Å². The minimum atomic E-state index is 0.611. The van der Waals surface area contributed by atoms with Crippen molar-refractivity contribution < 1.29 is 0 Å². The summed E-state index contributed by atoms with van der Waals surface area (Å²) < 4.78 is 0. The molecule has 0 radical (unpaired) electrons. The number of halogens is 1. The smallest absolute Gasteiger partial charge is 0.0741 e.